The van der Waals surface area contributed by atoms with Gasteiger partial charge in [0.15, 0.2) is 0 Å². The van der Waals surface area contributed by atoms with Gasteiger partial charge in [0, 0.05) is 18.3 Å². The van der Waals surface area contributed by atoms with Gasteiger partial charge in [-0.3, -0.25) is 4.79 Å². The zero-order valence-corrected chi connectivity index (χ0v) is 8.84. The van der Waals surface area contributed by atoms with Crippen molar-refractivity contribution in [3.63, 3.8) is 0 Å². The summed E-state index contributed by atoms with van der Waals surface area (Å²) in [6, 6.07) is 7.62. The van der Waals surface area contributed by atoms with Gasteiger partial charge in [-0.1, -0.05) is 18.2 Å². The first-order valence-corrected chi connectivity index (χ1v) is 5.10. The number of amidine groups is 1. The fourth-order valence-corrected chi connectivity index (χ4v) is 2.36. The number of nitrogens with two attached hydrogens (primary N) is 1. The molecule has 2 N–H and O–H groups in total. The molecule has 80 valence electrons. The minimum absolute atomic E-state index is 0.186. The van der Waals surface area contributed by atoms with Gasteiger partial charge in [-0.05, 0) is 17.7 Å². The second-order valence-corrected chi connectivity index (χ2v) is 4.01. The van der Waals surface area contributed by atoms with Crippen molar-refractivity contribution in [1.82, 2.24) is 0 Å². The lowest BCUT2D eigenvalue weighted by molar-refractivity contribution is -0.117. The second-order valence-electron chi connectivity index (χ2n) is 4.01. The molecule has 0 bridgehead atoms. The maximum absolute atomic E-state index is 11.8. The number of amides is 1. The first kappa shape index (κ1) is 9.15. The molecule has 2 aliphatic rings. The van der Waals surface area contributed by atoms with Crippen LogP contribution < -0.4 is 10.6 Å². The Balaban J connectivity index is 2.24. The highest BCUT2D eigenvalue weighted by atomic mass is 16.2. The van der Waals surface area contributed by atoms with Crippen molar-refractivity contribution in [2.45, 2.75) is 6.04 Å². The van der Waals surface area contributed by atoms with Crippen LogP contribution in [0.25, 0.3) is 5.57 Å². The second kappa shape index (κ2) is 2.95. The molecule has 1 atom stereocenters. The Morgan fingerprint density at radius 3 is 2.94 bits per heavy atom. The van der Waals surface area contributed by atoms with E-state index in [-0.39, 0.29) is 11.9 Å². The summed E-state index contributed by atoms with van der Waals surface area (Å²) in [5.41, 5.74) is 8.70. The maximum atomic E-state index is 11.8. The van der Waals surface area contributed by atoms with Crippen LogP contribution in [0.5, 0.6) is 0 Å². The number of benzene rings is 1. The fourth-order valence-electron chi connectivity index (χ4n) is 2.36. The fraction of sp³-hybridized carbons (Fsp3) is 0.167. The van der Waals surface area contributed by atoms with Crippen molar-refractivity contribution in [1.29, 1.82) is 0 Å². The Morgan fingerprint density at radius 2 is 2.12 bits per heavy atom. The molecule has 1 aromatic rings. The molecule has 0 saturated carbocycles. The number of carbonyl (C=O) groups is 1. The van der Waals surface area contributed by atoms with Gasteiger partial charge in [-0.2, -0.15) is 4.99 Å². The van der Waals surface area contributed by atoms with E-state index < -0.39 is 0 Å². The van der Waals surface area contributed by atoms with Crippen LogP contribution in [0.4, 0.5) is 5.69 Å². The van der Waals surface area contributed by atoms with Crippen molar-refractivity contribution in [2.24, 2.45) is 10.7 Å². The van der Waals surface area contributed by atoms with Crippen molar-refractivity contribution < 1.29 is 4.79 Å². The molecule has 4 heteroatoms. The summed E-state index contributed by atoms with van der Waals surface area (Å²) in [6.07, 6.45) is 1.79. The van der Waals surface area contributed by atoms with E-state index in [1.807, 2.05) is 36.2 Å². The van der Waals surface area contributed by atoms with E-state index in [0.29, 0.717) is 5.84 Å². The molecule has 1 amide bonds. The lowest BCUT2D eigenvalue weighted by Gasteiger charge is -2.22. The average Bonchev–Trinajstić information content (AvgIpc) is 2.54. The molecule has 0 spiro atoms. The number of aliphatic imine (C=N–C) groups is 1. The van der Waals surface area contributed by atoms with Gasteiger partial charge < -0.3 is 10.6 Å². The molecule has 0 saturated heterocycles. The molecule has 3 rings (SSSR count). The van der Waals surface area contributed by atoms with E-state index in [1.54, 1.807) is 6.08 Å². The van der Waals surface area contributed by atoms with Crippen LogP contribution >= 0.6 is 0 Å². The quantitative estimate of drug-likeness (QED) is 0.693. The minimum Gasteiger partial charge on any atom is -0.384 e. The molecule has 2 heterocycles. The molecular weight excluding hydrogens is 202 g/mol. The normalized spacial score (nSPS) is 22.4. The first-order valence-electron chi connectivity index (χ1n) is 5.10. The zero-order chi connectivity index (χ0) is 11.3. The number of carbonyl (C=O) groups excluding carboxylic acids is 1. The van der Waals surface area contributed by atoms with Crippen molar-refractivity contribution in [2.75, 3.05) is 11.9 Å². The highest BCUT2D eigenvalue weighted by Crippen LogP contribution is 2.40. The highest BCUT2D eigenvalue weighted by Gasteiger charge is 2.38. The van der Waals surface area contributed by atoms with Crippen LogP contribution in [-0.2, 0) is 4.79 Å². The molecule has 1 aromatic carbocycles. The lowest BCUT2D eigenvalue weighted by atomic mass is 9.99. The third kappa shape index (κ3) is 1.04. The minimum atomic E-state index is -0.301. The number of fused-ring (bicyclic) bond motifs is 3. The van der Waals surface area contributed by atoms with Gasteiger partial charge in [0.1, 0.15) is 11.9 Å². The topological polar surface area (TPSA) is 58.7 Å². The molecule has 2 aliphatic heterocycles. The van der Waals surface area contributed by atoms with E-state index in [0.717, 1.165) is 16.8 Å². The van der Waals surface area contributed by atoms with Gasteiger partial charge in [0.05, 0.1) is 0 Å². The number of para-hydroxylation sites is 1. The number of nitrogens with zero attached hydrogens (tertiary/aromatic N) is 2. The van der Waals surface area contributed by atoms with Gasteiger partial charge in [-0.15, -0.1) is 0 Å². The summed E-state index contributed by atoms with van der Waals surface area (Å²) in [5.74, 6) is 0.107. The van der Waals surface area contributed by atoms with Crippen LogP contribution in [0.3, 0.4) is 0 Å². The molecule has 0 aromatic heterocycles. The van der Waals surface area contributed by atoms with Crippen LogP contribution in [0.1, 0.15) is 5.56 Å². The van der Waals surface area contributed by atoms with E-state index in [1.165, 1.54) is 0 Å². The van der Waals surface area contributed by atoms with Crippen molar-refractivity contribution in [3.8, 4) is 0 Å². The maximum Gasteiger partial charge on any atom is 0.274 e. The van der Waals surface area contributed by atoms with Gasteiger partial charge >= 0.3 is 0 Å². The summed E-state index contributed by atoms with van der Waals surface area (Å²) < 4.78 is 0. The van der Waals surface area contributed by atoms with Crippen LogP contribution in [-0.4, -0.2) is 24.8 Å². The highest BCUT2D eigenvalue weighted by molar-refractivity contribution is 6.18. The number of hydrogen-bond acceptors (Lipinski definition) is 3. The monoisotopic (exact) mass is 213 g/mol. The van der Waals surface area contributed by atoms with E-state index >= 15 is 0 Å². The first-order chi connectivity index (χ1) is 7.68. The Bertz CT molecular complexity index is 545. The predicted octanol–water partition coefficient (Wildman–Crippen LogP) is 0.786. The summed E-state index contributed by atoms with van der Waals surface area (Å²) in [5, 5.41) is 0. The van der Waals surface area contributed by atoms with Crippen LogP contribution in [0.15, 0.2) is 35.3 Å². The molecule has 16 heavy (non-hydrogen) atoms. The Morgan fingerprint density at radius 1 is 1.38 bits per heavy atom. The SMILES string of the molecule is CN1c2ccccc2C2=CC(N)=NC(=O)C21. The number of likely N-dealkylation sites (N-methyl/N-ethyl adjacent to an activating group) is 1. The van der Waals surface area contributed by atoms with Crippen LogP contribution in [0, 0.1) is 0 Å². The Kier molecular flexibility index (Phi) is 1.68. The standard InChI is InChI=1S/C12H11N3O/c1-15-9-5-3-2-4-7(9)8-6-10(13)14-12(16)11(8)15/h2-6,11H,1H3,(H2,13,14,16). The van der Waals surface area contributed by atoms with Gasteiger partial charge in [-0.25, -0.2) is 0 Å². The third-order valence-electron chi connectivity index (χ3n) is 3.05. The van der Waals surface area contributed by atoms with Crippen molar-refractivity contribution in [3.05, 3.63) is 35.9 Å². The number of dihydropyridines is 1. The predicted molar refractivity (Wildman–Crippen MR) is 63.2 cm³/mol. The zero-order valence-electron chi connectivity index (χ0n) is 8.84. The summed E-state index contributed by atoms with van der Waals surface area (Å²) >= 11 is 0. The molecule has 0 radical (unpaired) electrons. The molecule has 0 aliphatic carbocycles. The molecule has 1 unspecified atom stereocenters. The van der Waals surface area contributed by atoms with Gasteiger partial charge in [0.2, 0.25) is 0 Å². The smallest absolute Gasteiger partial charge is 0.274 e. The van der Waals surface area contributed by atoms with E-state index in [9.17, 15) is 4.79 Å². The number of rotatable bonds is 0. The van der Waals surface area contributed by atoms with E-state index in [4.69, 9.17) is 5.73 Å². The van der Waals surface area contributed by atoms with Crippen molar-refractivity contribution >= 4 is 23.0 Å². The number of hydrogen-bond donors (Lipinski definition) is 1. The molecule has 4 nitrogen and oxygen atoms in total. The summed E-state index contributed by atoms with van der Waals surface area (Å²) in [4.78, 5) is 17.6. The van der Waals surface area contributed by atoms with E-state index in [2.05, 4.69) is 4.99 Å². The number of anilines is 1. The average molecular weight is 213 g/mol. The lowest BCUT2D eigenvalue weighted by Crippen LogP contribution is -2.37. The van der Waals surface area contributed by atoms with Crippen LogP contribution in [0.2, 0.25) is 0 Å². The van der Waals surface area contributed by atoms with Gasteiger partial charge in [0.25, 0.3) is 5.91 Å². The summed E-state index contributed by atoms with van der Waals surface area (Å²) in [7, 11) is 1.90. The third-order valence-corrected chi connectivity index (χ3v) is 3.05. The summed E-state index contributed by atoms with van der Waals surface area (Å²) in [6.45, 7) is 0. The Hall–Kier alpha value is -2.10. The molecular formula is C12H11N3O. The largest absolute Gasteiger partial charge is 0.384 e. The molecule has 0 fully saturated rings. The Labute approximate surface area is 93.1 Å².